The van der Waals surface area contributed by atoms with E-state index in [2.05, 4.69) is 15.4 Å². The molecule has 1 amide bonds. The van der Waals surface area contributed by atoms with Crippen LogP contribution in [0.5, 0.6) is 0 Å². The van der Waals surface area contributed by atoms with E-state index in [9.17, 15) is 4.79 Å². The zero-order valence-corrected chi connectivity index (χ0v) is 11.8. The standard InChI is InChI=1S/C13H22N4O2/c1-13(2,3)16-12(18)19-11-6-4-10(5-7-11)17-9-14-8-15-17/h8-11H,4-7H2,1-3H3,(H,16,18). The van der Waals surface area contributed by atoms with Gasteiger partial charge in [-0.15, -0.1) is 0 Å². The van der Waals surface area contributed by atoms with Crippen LogP contribution in [-0.2, 0) is 4.74 Å². The average molecular weight is 266 g/mol. The summed E-state index contributed by atoms with van der Waals surface area (Å²) in [5.74, 6) is 0. The Morgan fingerprint density at radius 3 is 2.53 bits per heavy atom. The number of amides is 1. The molecule has 1 fully saturated rings. The summed E-state index contributed by atoms with van der Waals surface area (Å²) in [4.78, 5) is 15.6. The number of nitrogens with one attached hydrogen (secondary N) is 1. The summed E-state index contributed by atoms with van der Waals surface area (Å²) < 4.78 is 7.33. The first kappa shape index (κ1) is 13.8. The van der Waals surface area contributed by atoms with Crippen molar-refractivity contribution in [3.8, 4) is 0 Å². The van der Waals surface area contributed by atoms with Crippen LogP contribution in [0.15, 0.2) is 12.7 Å². The van der Waals surface area contributed by atoms with Gasteiger partial charge >= 0.3 is 6.09 Å². The van der Waals surface area contributed by atoms with E-state index in [1.807, 2.05) is 25.5 Å². The Kier molecular flexibility index (Phi) is 4.07. The van der Waals surface area contributed by atoms with Gasteiger partial charge in [0, 0.05) is 5.54 Å². The van der Waals surface area contributed by atoms with Crippen LogP contribution in [0.3, 0.4) is 0 Å². The third-order valence-electron chi connectivity index (χ3n) is 3.21. The highest BCUT2D eigenvalue weighted by Crippen LogP contribution is 2.29. The quantitative estimate of drug-likeness (QED) is 0.891. The molecule has 0 radical (unpaired) electrons. The Morgan fingerprint density at radius 1 is 1.32 bits per heavy atom. The molecule has 1 aromatic rings. The van der Waals surface area contributed by atoms with E-state index in [0.717, 1.165) is 25.7 Å². The second-order valence-corrected chi connectivity index (χ2v) is 6.09. The SMILES string of the molecule is CC(C)(C)NC(=O)OC1CCC(n2cncn2)CC1. The maximum Gasteiger partial charge on any atom is 0.407 e. The van der Waals surface area contributed by atoms with Gasteiger partial charge in [-0.05, 0) is 46.5 Å². The maximum atomic E-state index is 11.7. The van der Waals surface area contributed by atoms with Gasteiger partial charge in [-0.25, -0.2) is 14.5 Å². The van der Waals surface area contributed by atoms with Crippen LogP contribution in [0.4, 0.5) is 4.79 Å². The van der Waals surface area contributed by atoms with Gasteiger partial charge in [0.2, 0.25) is 0 Å². The highest BCUT2D eigenvalue weighted by Gasteiger charge is 2.26. The van der Waals surface area contributed by atoms with Gasteiger partial charge in [-0.1, -0.05) is 0 Å². The molecule has 106 valence electrons. The Bertz CT molecular complexity index is 403. The number of rotatable bonds is 2. The summed E-state index contributed by atoms with van der Waals surface area (Å²) >= 11 is 0. The zero-order valence-electron chi connectivity index (χ0n) is 11.8. The molecule has 1 aliphatic rings. The molecule has 19 heavy (non-hydrogen) atoms. The van der Waals surface area contributed by atoms with E-state index in [4.69, 9.17) is 4.74 Å². The minimum absolute atomic E-state index is 0.0159. The van der Waals surface area contributed by atoms with Crippen LogP contribution in [-0.4, -0.2) is 32.5 Å². The lowest BCUT2D eigenvalue weighted by Gasteiger charge is -2.29. The fraction of sp³-hybridized carbons (Fsp3) is 0.769. The van der Waals surface area contributed by atoms with Crippen LogP contribution >= 0.6 is 0 Å². The molecule has 6 nitrogen and oxygen atoms in total. The molecule has 1 aliphatic carbocycles. The molecule has 6 heteroatoms. The summed E-state index contributed by atoms with van der Waals surface area (Å²) in [5.41, 5.74) is -0.255. The van der Waals surface area contributed by atoms with Gasteiger partial charge in [0.15, 0.2) is 0 Å². The van der Waals surface area contributed by atoms with Crippen molar-refractivity contribution in [1.82, 2.24) is 20.1 Å². The second-order valence-electron chi connectivity index (χ2n) is 6.09. The van der Waals surface area contributed by atoms with Crippen molar-refractivity contribution in [1.29, 1.82) is 0 Å². The van der Waals surface area contributed by atoms with Crippen molar-refractivity contribution < 1.29 is 9.53 Å². The number of alkyl carbamates (subject to hydrolysis) is 1. The van der Waals surface area contributed by atoms with Crippen LogP contribution in [0.2, 0.25) is 0 Å². The molecular formula is C13H22N4O2. The first-order valence-electron chi connectivity index (χ1n) is 6.77. The highest BCUT2D eigenvalue weighted by atomic mass is 16.6. The van der Waals surface area contributed by atoms with Crippen molar-refractivity contribution in [2.75, 3.05) is 0 Å². The van der Waals surface area contributed by atoms with Crippen LogP contribution in [0.25, 0.3) is 0 Å². The smallest absolute Gasteiger partial charge is 0.407 e. The van der Waals surface area contributed by atoms with Gasteiger partial charge in [0.05, 0.1) is 6.04 Å². The maximum absolute atomic E-state index is 11.7. The van der Waals surface area contributed by atoms with Crippen molar-refractivity contribution in [2.45, 2.75) is 64.1 Å². The lowest BCUT2D eigenvalue weighted by Crippen LogP contribution is -2.42. The Labute approximate surface area is 113 Å². The Hall–Kier alpha value is -1.59. The number of hydrogen-bond donors (Lipinski definition) is 1. The van der Waals surface area contributed by atoms with Crippen molar-refractivity contribution in [3.63, 3.8) is 0 Å². The van der Waals surface area contributed by atoms with Crippen molar-refractivity contribution in [3.05, 3.63) is 12.7 Å². The lowest BCUT2D eigenvalue weighted by molar-refractivity contribution is 0.0598. The average Bonchev–Trinajstić information content (AvgIpc) is 2.80. The Balaban J connectivity index is 1.76. The normalized spacial score (nSPS) is 23.9. The number of carbonyl (C=O) groups excluding carboxylic acids is 1. The van der Waals surface area contributed by atoms with E-state index in [-0.39, 0.29) is 17.7 Å². The predicted molar refractivity (Wildman–Crippen MR) is 70.7 cm³/mol. The molecule has 0 aromatic carbocycles. The topological polar surface area (TPSA) is 69.0 Å². The molecule has 0 aliphatic heterocycles. The summed E-state index contributed by atoms with van der Waals surface area (Å²) in [6.45, 7) is 5.82. The molecule has 0 spiro atoms. The minimum Gasteiger partial charge on any atom is -0.446 e. The first-order valence-corrected chi connectivity index (χ1v) is 6.77. The minimum atomic E-state index is -0.322. The summed E-state index contributed by atoms with van der Waals surface area (Å²) in [6.07, 6.45) is 6.69. The number of hydrogen-bond acceptors (Lipinski definition) is 4. The molecule has 0 unspecified atom stereocenters. The van der Waals surface area contributed by atoms with Gasteiger partial charge in [0.1, 0.15) is 18.8 Å². The van der Waals surface area contributed by atoms with E-state index in [1.165, 1.54) is 0 Å². The fourth-order valence-corrected chi connectivity index (χ4v) is 2.32. The molecule has 0 atom stereocenters. The van der Waals surface area contributed by atoms with Crippen molar-refractivity contribution >= 4 is 6.09 Å². The summed E-state index contributed by atoms with van der Waals surface area (Å²) in [6, 6.07) is 0.382. The molecular weight excluding hydrogens is 244 g/mol. The number of carbonyl (C=O) groups is 1. The highest BCUT2D eigenvalue weighted by molar-refractivity contribution is 5.68. The molecule has 1 heterocycles. The van der Waals surface area contributed by atoms with Crippen LogP contribution in [0.1, 0.15) is 52.5 Å². The lowest BCUT2D eigenvalue weighted by atomic mass is 9.93. The molecule has 2 rings (SSSR count). The fourth-order valence-electron chi connectivity index (χ4n) is 2.32. The molecule has 1 N–H and O–H groups in total. The van der Waals surface area contributed by atoms with Crippen molar-refractivity contribution in [2.24, 2.45) is 0 Å². The molecule has 1 aromatic heterocycles. The van der Waals surface area contributed by atoms with E-state index in [1.54, 1.807) is 12.7 Å². The van der Waals surface area contributed by atoms with Gasteiger partial charge in [0.25, 0.3) is 0 Å². The number of nitrogens with zero attached hydrogens (tertiary/aromatic N) is 3. The second kappa shape index (κ2) is 5.59. The summed E-state index contributed by atoms with van der Waals surface area (Å²) in [7, 11) is 0. The van der Waals surface area contributed by atoms with Gasteiger partial charge < -0.3 is 10.1 Å². The largest absolute Gasteiger partial charge is 0.446 e. The van der Waals surface area contributed by atoms with Gasteiger partial charge in [-0.2, -0.15) is 5.10 Å². The molecule has 0 saturated heterocycles. The zero-order chi connectivity index (χ0) is 13.9. The third-order valence-corrected chi connectivity index (χ3v) is 3.21. The number of ether oxygens (including phenoxy) is 1. The van der Waals surface area contributed by atoms with E-state index < -0.39 is 0 Å². The number of aromatic nitrogens is 3. The third kappa shape index (κ3) is 4.22. The van der Waals surface area contributed by atoms with Gasteiger partial charge in [-0.3, -0.25) is 0 Å². The summed E-state index contributed by atoms with van der Waals surface area (Å²) in [5, 5.41) is 6.98. The molecule has 1 saturated carbocycles. The van der Waals surface area contributed by atoms with Crippen LogP contribution in [0, 0.1) is 0 Å². The first-order chi connectivity index (χ1) is 8.94. The predicted octanol–water partition coefficient (Wildman–Crippen LogP) is 2.29. The van der Waals surface area contributed by atoms with E-state index >= 15 is 0 Å². The monoisotopic (exact) mass is 266 g/mol. The van der Waals surface area contributed by atoms with E-state index in [0.29, 0.717) is 6.04 Å². The van der Waals surface area contributed by atoms with Crippen LogP contribution < -0.4 is 5.32 Å². The Morgan fingerprint density at radius 2 is 2.00 bits per heavy atom. The molecule has 0 bridgehead atoms.